The summed E-state index contributed by atoms with van der Waals surface area (Å²) in [4.78, 5) is 12.4. The van der Waals surface area contributed by atoms with Gasteiger partial charge in [0, 0.05) is 6.54 Å². The molecule has 0 radical (unpaired) electrons. The summed E-state index contributed by atoms with van der Waals surface area (Å²) >= 11 is 0. The fourth-order valence-electron chi connectivity index (χ4n) is 2.87. The number of nitrogens with one attached hydrogen (secondary N) is 1. The molecule has 0 saturated heterocycles. The minimum atomic E-state index is -0.546. The van der Waals surface area contributed by atoms with Crippen molar-refractivity contribution in [1.82, 2.24) is 5.32 Å². The lowest BCUT2D eigenvalue weighted by atomic mass is 10.0. The third-order valence-electron chi connectivity index (χ3n) is 4.56. The fourth-order valence-corrected chi connectivity index (χ4v) is 2.87. The molecule has 0 heterocycles. The van der Waals surface area contributed by atoms with Crippen molar-refractivity contribution in [1.29, 1.82) is 0 Å². The number of rotatable bonds is 5. The standard InChI is InChI=1S/C22H23NO2/c1-15-8-6-13-21(16(15)2)25-17(3)22(24)23-14-19-11-7-10-18-9-4-5-12-20(18)19/h4-13,17H,14H2,1-3H3,(H,23,24). The Morgan fingerprint density at radius 2 is 1.72 bits per heavy atom. The molecule has 3 heteroatoms. The number of aryl methyl sites for hydroxylation is 1. The summed E-state index contributed by atoms with van der Waals surface area (Å²) in [5.74, 6) is 0.640. The number of benzene rings is 3. The molecule has 3 aromatic rings. The molecule has 3 nitrogen and oxygen atoms in total. The van der Waals surface area contributed by atoms with Crippen molar-refractivity contribution in [3.05, 3.63) is 77.4 Å². The summed E-state index contributed by atoms with van der Waals surface area (Å²) in [6.45, 7) is 6.31. The van der Waals surface area contributed by atoms with Gasteiger partial charge in [-0.1, -0.05) is 54.6 Å². The van der Waals surface area contributed by atoms with E-state index in [-0.39, 0.29) is 5.91 Å². The first-order chi connectivity index (χ1) is 12.1. The van der Waals surface area contributed by atoms with Crippen LogP contribution in [0.2, 0.25) is 0 Å². The molecule has 0 spiro atoms. The molecular weight excluding hydrogens is 310 g/mol. The van der Waals surface area contributed by atoms with E-state index in [1.54, 1.807) is 6.92 Å². The predicted octanol–water partition coefficient (Wildman–Crippen LogP) is 4.54. The molecule has 1 unspecified atom stereocenters. The van der Waals surface area contributed by atoms with Gasteiger partial charge in [-0.3, -0.25) is 4.79 Å². The molecule has 0 aromatic heterocycles. The SMILES string of the molecule is Cc1cccc(OC(C)C(=O)NCc2cccc3ccccc23)c1C. The van der Waals surface area contributed by atoms with Crippen LogP contribution in [-0.4, -0.2) is 12.0 Å². The largest absolute Gasteiger partial charge is 0.481 e. The minimum Gasteiger partial charge on any atom is -0.481 e. The van der Waals surface area contributed by atoms with Crippen molar-refractivity contribution in [3.8, 4) is 5.75 Å². The normalized spacial score (nSPS) is 12.0. The lowest BCUT2D eigenvalue weighted by Gasteiger charge is -2.17. The molecule has 1 atom stereocenters. The summed E-state index contributed by atoms with van der Waals surface area (Å²) in [5, 5.41) is 5.32. The molecule has 128 valence electrons. The van der Waals surface area contributed by atoms with E-state index in [0.717, 1.165) is 27.8 Å². The van der Waals surface area contributed by atoms with Crippen molar-refractivity contribution in [2.45, 2.75) is 33.4 Å². The van der Waals surface area contributed by atoms with Crippen molar-refractivity contribution in [2.24, 2.45) is 0 Å². The zero-order chi connectivity index (χ0) is 17.8. The van der Waals surface area contributed by atoms with Crippen LogP contribution in [0, 0.1) is 13.8 Å². The van der Waals surface area contributed by atoms with Crippen LogP contribution in [0.15, 0.2) is 60.7 Å². The first-order valence-electron chi connectivity index (χ1n) is 8.53. The second-order valence-corrected chi connectivity index (χ2v) is 6.31. The van der Waals surface area contributed by atoms with Crippen LogP contribution >= 0.6 is 0 Å². The lowest BCUT2D eigenvalue weighted by molar-refractivity contribution is -0.127. The Balaban J connectivity index is 1.66. The van der Waals surface area contributed by atoms with Gasteiger partial charge in [-0.15, -0.1) is 0 Å². The Labute approximate surface area is 148 Å². The highest BCUT2D eigenvalue weighted by atomic mass is 16.5. The van der Waals surface area contributed by atoms with E-state index in [4.69, 9.17) is 4.74 Å². The van der Waals surface area contributed by atoms with E-state index in [2.05, 4.69) is 23.5 Å². The van der Waals surface area contributed by atoms with Gasteiger partial charge in [0.2, 0.25) is 0 Å². The third kappa shape index (κ3) is 3.82. The van der Waals surface area contributed by atoms with Crippen LogP contribution in [0.1, 0.15) is 23.6 Å². The van der Waals surface area contributed by atoms with Gasteiger partial charge < -0.3 is 10.1 Å². The van der Waals surface area contributed by atoms with Gasteiger partial charge in [-0.25, -0.2) is 0 Å². The van der Waals surface area contributed by atoms with Crippen LogP contribution in [-0.2, 0) is 11.3 Å². The lowest BCUT2D eigenvalue weighted by Crippen LogP contribution is -2.36. The Hall–Kier alpha value is -2.81. The molecule has 25 heavy (non-hydrogen) atoms. The Morgan fingerprint density at radius 1 is 1.00 bits per heavy atom. The van der Waals surface area contributed by atoms with Crippen molar-refractivity contribution >= 4 is 16.7 Å². The monoisotopic (exact) mass is 333 g/mol. The van der Waals surface area contributed by atoms with E-state index in [1.165, 1.54) is 5.39 Å². The van der Waals surface area contributed by atoms with Crippen LogP contribution in [0.4, 0.5) is 0 Å². The topological polar surface area (TPSA) is 38.3 Å². The third-order valence-corrected chi connectivity index (χ3v) is 4.56. The number of amides is 1. The molecule has 1 amide bonds. The average Bonchev–Trinajstić information content (AvgIpc) is 2.63. The maximum absolute atomic E-state index is 12.4. The van der Waals surface area contributed by atoms with Crippen LogP contribution in [0.5, 0.6) is 5.75 Å². The van der Waals surface area contributed by atoms with Crippen LogP contribution < -0.4 is 10.1 Å². The summed E-state index contributed by atoms with van der Waals surface area (Å²) in [5.41, 5.74) is 3.32. The molecule has 3 aromatic carbocycles. The predicted molar refractivity (Wildman–Crippen MR) is 102 cm³/mol. The van der Waals surface area contributed by atoms with E-state index in [1.807, 2.05) is 56.3 Å². The molecule has 1 N–H and O–H groups in total. The minimum absolute atomic E-state index is 0.117. The number of carbonyl (C=O) groups is 1. The maximum atomic E-state index is 12.4. The summed E-state index contributed by atoms with van der Waals surface area (Å²) < 4.78 is 5.85. The van der Waals surface area contributed by atoms with Crippen molar-refractivity contribution in [3.63, 3.8) is 0 Å². The molecular formula is C22H23NO2. The quantitative estimate of drug-likeness (QED) is 0.744. The second-order valence-electron chi connectivity index (χ2n) is 6.31. The van der Waals surface area contributed by atoms with Gasteiger partial charge in [0.15, 0.2) is 6.10 Å². The Kier molecular flexibility index (Phi) is 5.03. The highest BCUT2D eigenvalue weighted by Gasteiger charge is 2.16. The van der Waals surface area contributed by atoms with Gasteiger partial charge in [0.25, 0.3) is 5.91 Å². The molecule has 0 bridgehead atoms. The van der Waals surface area contributed by atoms with Gasteiger partial charge in [-0.2, -0.15) is 0 Å². The van der Waals surface area contributed by atoms with E-state index >= 15 is 0 Å². The van der Waals surface area contributed by atoms with Crippen molar-refractivity contribution in [2.75, 3.05) is 0 Å². The summed E-state index contributed by atoms with van der Waals surface area (Å²) in [6.07, 6.45) is -0.546. The number of hydrogen-bond donors (Lipinski definition) is 1. The summed E-state index contributed by atoms with van der Waals surface area (Å²) in [6, 6.07) is 20.2. The molecule has 0 aliphatic rings. The zero-order valence-electron chi connectivity index (χ0n) is 14.9. The van der Waals surface area contributed by atoms with E-state index < -0.39 is 6.10 Å². The van der Waals surface area contributed by atoms with E-state index in [0.29, 0.717) is 6.54 Å². The van der Waals surface area contributed by atoms with Crippen molar-refractivity contribution < 1.29 is 9.53 Å². The Bertz CT molecular complexity index is 896. The first kappa shape index (κ1) is 17.0. The number of hydrogen-bond acceptors (Lipinski definition) is 2. The smallest absolute Gasteiger partial charge is 0.261 e. The van der Waals surface area contributed by atoms with Crippen LogP contribution in [0.3, 0.4) is 0 Å². The number of ether oxygens (including phenoxy) is 1. The Morgan fingerprint density at radius 3 is 2.56 bits per heavy atom. The van der Waals surface area contributed by atoms with E-state index in [9.17, 15) is 4.79 Å². The molecule has 0 saturated carbocycles. The summed E-state index contributed by atoms with van der Waals surface area (Å²) in [7, 11) is 0. The number of fused-ring (bicyclic) bond motifs is 1. The maximum Gasteiger partial charge on any atom is 0.261 e. The second kappa shape index (κ2) is 7.39. The molecule has 3 rings (SSSR count). The zero-order valence-corrected chi connectivity index (χ0v) is 14.9. The highest BCUT2D eigenvalue weighted by molar-refractivity contribution is 5.86. The number of carbonyl (C=O) groups excluding carboxylic acids is 1. The molecule has 0 fully saturated rings. The van der Waals surface area contributed by atoms with Gasteiger partial charge in [0.05, 0.1) is 0 Å². The fraction of sp³-hybridized carbons (Fsp3) is 0.227. The average molecular weight is 333 g/mol. The highest BCUT2D eigenvalue weighted by Crippen LogP contribution is 2.22. The first-order valence-corrected chi connectivity index (χ1v) is 8.53. The van der Waals surface area contributed by atoms with Gasteiger partial charge in [0.1, 0.15) is 5.75 Å². The van der Waals surface area contributed by atoms with Gasteiger partial charge in [-0.05, 0) is 54.3 Å². The van der Waals surface area contributed by atoms with Crippen LogP contribution in [0.25, 0.3) is 10.8 Å². The van der Waals surface area contributed by atoms with Gasteiger partial charge >= 0.3 is 0 Å². The molecule has 0 aliphatic heterocycles. The molecule has 0 aliphatic carbocycles.